The van der Waals surface area contributed by atoms with Crippen molar-refractivity contribution in [1.29, 1.82) is 0 Å². The van der Waals surface area contributed by atoms with E-state index in [1.807, 2.05) is 19.3 Å². The lowest BCUT2D eigenvalue weighted by molar-refractivity contribution is 0.321. The monoisotopic (exact) mass is 390 g/mol. The Morgan fingerprint density at radius 2 is 2.00 bits per heavy atom. The van der Waals surface area contributed by atoms with Crippen molar-refractivity contribution in [2.45, 2.75) is 18.4 Å². The molecular formula is C18H19FN4O3S. The molecule has 0 saturated carbocycles. The topological polar surface area (TPSA) is 86.1 Å². The first kappa shape index (κ1) is 19.0. The van der Waals surface area contributed by atoms with Crippen LogP contribution in [-0.4, -0.2) is 29.8 Å². The van der Waals surface area contributed by atoms with Gasteiger partial charge in [-0.1, -0.05) is 0 Å². The van der Waals surface area contributed by atoms with Gasteiger partial charge in [0.2, 0.25) is 10.0 Å². The van der Waals surface area contributed by atoms with Crippen molar-refractivity contribution in [3.63, 3.8) is 0 Å². The Labute approximate surface area is 156 Å². The smallest absolute Gasteiger partial charge is 0.240 e. The molecule has 142 valence electrons. The summed E-state index contributed by atoms with van der Waals surface area (Å²) in [6.45, 7) is 2.04. The molecule has 0 atom stereocenters. The Morgan fingerprint density at radius 3 is 2.67 bits per heavy atom. The summed E-state index contributed by atoms with van der Waals surface area (Å²) in [7, 11) is -2.07. The van der Waals surface area contributed by atoms with Gasteiger partial charge in [-0.3, -0.25) is 9.67 Å². The van der Waals surface area contributed by atoms with E-state index in [-0.39, 0.29) is 17.2 Å². The molecule has 2 heterocycles. The summed E-state index contributed by atoms with van der Waals surface area (Å²) in [5, 5.41) is 4.11. The highest BCUT2D eigenvalue weighted by Gasteiger charge is 2.17. The summed E-state index contributed by atoms with van der Waals surface area (Å²) >= 11 is 0. The van der Waals surface area contributed by atoms with Gasteiger partial charge in [0.25, 0.3) is 0 Å². The maximum absolute atomic E-state index is 13.9. The molecule has 3 rings (SSSR count). The van der Waals surface area contributed by atoms with E-state index in [4.69, 9.17) is 4.74 Å². The van der Waals surface area contributed by atoms with Crippen LogP contribution in [0.15, 0.2) is 53.9 Å². The molecule has 1 N–H and O–H groups in total. The first-order valence-electron chi connectivity index (χ1n) is 8.24. The number of benzene rings is 1. The number of halogens is 1. The fraction of sp³-hybridized carbons (Fsp3) is 0.222. The Balaban J connectivity index is 1.75. The van der Waals surface area contributed by atoms with Gasteiger partial charge >= 0.3 is 0 Å². The second-order valence-corrected chi connectivity index (χ2v) is 7.60. The lowest BCUT2D eigenvalue weighted by atomic mass is 10.1. The molecule has 0 unspecified atom stereocenters. The van der Waals surface area contributed by atoms with Gasteiger partial charge in [-0.25, -0.2) is 17.5 Å². The average Bonchev–Trinajstić information content (AvgIpc) is 3.09. The van der Waals surface area contributed by atoms with Crippen molar-refractivity contribution < 1.29 is 17.5 Å². The number of nitrogens with one attached hydrogen (secondary N) is 1. The second-order valence-electron chi connectivity index (χ2n) is 5.83. The Kier molecular flexibility index (Phi) is 5.52. The third kappa shape index (κ3) is 4.50. The summed E-state index contributed by atoms with van der Waals surface area (Å²) < 4.78 is 48.0. The van der Waals surface area contributed by atoms with Gasteiger partial charge in [-0.05, 0) is 36.8 Å². The summed E-state index contributed by atoms with van der Waals surface area (Å²) in [4.78, 5) is 3.97. The number of rotatable bonds is 7. The van der Waals surface area contributed by atoms with Crippen LogP contribution in [0.2, 0.25) is 0 Å². The van der Waals surface area contributed by atoms with E-state index >= 15 is 0 Å². The third-order valence-electron chi connectivity index (χ3n) is 3.81. The summed E-state index contributed by atoms with van der Waals surface area (Å²) in [5.41, 5.74) is 2.38. The highest BCUT2D eigenvalue weighted by molar-refractivity contribution is 7.89. The molecule has 0 aliphatic carbocycles. The zero-order valence-corrected chi connectivity index (χ0v) is 15.7. The summed E-state index contributed by atoms with van der Waals surface area (Å²) in [6.07, 6.45) is 6.79. The van der Waals surface area contributed by atoms with E-state index < -0.39 is 15.8 Å². The summed E-state index contributed by atoms with van der Waals surface area (Å²) in [5.74, 6) is -0.704. The van der Waals surface area contributed by atoms with Crippen LogP contribution >= 0.6 is 0 Å². The van der Waals surface area contributed by atoms with Crippen LogP contribution in [-0.2, 0) is 23.6 Å². The van der Waals surface area contributed by atoms with Crippen LogP contribution in [0.1, 0.15) is 12.5 Å². The molecule has 1 aromatic carbocycles. The van der Waals surface area contributed by atoms with Crippen molar-refractivity contribution in [2.24, 2.45) is 7.05 Å². The van der Waals surface area contributed by atoms with Crippen LogP contribution in [0.4, 0.5) is 4.39 Å². The highest BCUT2D eigenvalue weighted by atomic mass is 32.2. The van der Waals surface area contributed by atoms with Crippen LogP contribution in [0.3, 0.4) is 0 Å². The first-order chi connectivity index (χ1) is 12.9. The normalized spacial score (nSPS) is 11.5. The number of aromatic nitrogens is 3. The van der Waals surface area contributed by atoms with Gasteiger partial charge < -0.3 is 4.74 Å². The van der Waals surface area contributed by atoms with Gasteiger partial charge in [0.1, 0.15) is 0 Å². The van der Waals surface area contributed by atoms with E-state index in [2.05, 4.69) is 14.8 Å². The number of sulfonamides is 1. The molecule has 0 radical (unpaired) electrons. The molecule has 0 saturated heterocycles. The van der Waals surface area contributed by atoms with Crippen molar-refractivity contribution in [3.05, 3.63) is 60.4 Å². The van der Waals surface area contributed by atoms with Crippen LogP contribution in [0, 0.1) is 5.82 Å². The van der Waals surface area contributed by atoms with E-state index in [1.165, 1.54) is 12.1 Å². The van der Waals surface area contributed by atoms with Gasteiger partial charge in [0.05, 0.1) is 17.7 Å². The molecule has 3 aromatic rings. The largest absolute Gasteiger partial charge is 0.491 e. The Morgan fingerprint density at radius 1 is 1.19 bits per heavy atom. The van der Waals surface area contributed by atoms with E-state index in [0.717, 1.165) is 17.2 Å². The predicted octanol–water partition coefficient (Wildman–Crippen LogP) is 2.50. The maximum Gasteiger partial charge on any atom is 0.240 e. The van der Waals surface area contributed by atoms with Crippen LogP contribution in [0.25, 0.3) is 11.1 Å². The number of hydrogen-bond acceptors (Lipinski definition) is 5. The van der Waals surface area contributed by atoms with E-state index in [1.54, 1.807) is 30.2 Å². The minimum atomic E-state index is -3.88. The summed E-state index contributed by atoms with van der Waals surface area (Å²) in [6, 6.07) is 5.38. The second kappa shape index (κ2) is 7.85. The molecule has 7 nitrogen and oxygen atoms in total. The average molecular weight is 390 g/mol. The van der Waals surface area contributed by atoms with Gasteiger partial charge in [0.15, 0.2) is 11.6 Å². The highest BCUT2D eigenvalue weighted by Crippen LogP contribution is 2.22. The van der Waals surface area contributed by atoms with E-state index in [9.17, 15) is 12.8 Å². The predicted molar refractivity (Wildman–Crippen MR) is 98.0 cm³/mol. The molecule has 0 spiro atoms. The van der Waals surface area contributed by atoms with Crippen LogP contribution < -0.4 is 9.46 Å². The zero-order chi connectivity index (χ0) is 19.4. The van der Waals surface area contributed by atoms with Gasteiger partial charge in [-0.2, -0.15) is 5.10 Å². The van der Waals surface area contributed by atoms with Crippen molar-refractivity contribution in [1.82, 2.24) is 19.5 Å². The lowest BCUT2D eigenvalue weighted by Crippen LogP contribution is -2.23. The number of nitrogens with zero attached hydrogens (tertiary/aromatic N) is 3. The number of hydrogen-bond donors (Lipinski definition) is 1. The zero-order valence-electron chi connectivity index (χ0n) is 14.9. The molecule has 0 bridgehead atoms. The molecule has 2 aromatic heterocycles. The van der Waals surface area contributed by atoms with Crippen molar-refractivity contribution in [2.75, 3.05) is 6.61 Å². The third-order valence-corrected chi connectivity index (χ3v) is 5.21. The first-order valence-corrected chi connectivity index (χ1v) is 9.72. The van der Waals surface area contributed by atoms with Crippen molar-refractivity contribution >= 4 is 10.0 Å². The number of ether oxygens (including phenoxy) is 1. The molecule has 27 heavy (non-hydrogen) atoms. The maximum atomic E-state index is 13.9. The number of pyridine rings is 1. The van der Waals surface area contributed by atoms with Crippen molar-refractivity contribution in [3.8, 4) is 16.9 Å². The Hall–Kier alpha value is -2.78. The minimum absolute atomic E-state index is 0.0184. The molecule has 9 heteroatoms. The fourth-order valence-corrected chi connectivity index (χ4v) is 3.52. The standard InChI is InChI=1S/C18H19FN4O3S/c1-3-26-18-5-4-16(7-17(18)19)27(24,25)22-9-13-6-14(10-20-8-13)15-11-21-23(2)12-15/h4-8,10-12,22H,3,9H2,1-2H3. The van der Waals surface area contributed by atoms with Gasteiger partial charge in [-0.15, -0.1) is 0 Å². The van der Waals surface area contributed by atoms with Gasteiger partial charge in [0, 0.05) is 43.3 Å². The van der Waals surface area contributed by atoms with E-state index in [0.29, 0.717) is 12.2 Å². The minimum Gasteiger partial charge on any atom is -0.491 e. The molecule has 0 amide bonds. The fourth-order valence-electron chi connectivity index (χ4n) is 2.50. The SMILES string of the molecule is CCOc1ccc(S(=O)(=O)NCc2cncc(-c3cnn(C)c3)c2)cc1F. The van der Waals surface area contributed by atoms with Crippen LogP contribution in [0.5, 0.6) is 5.75 Å². The molecular weight excluding hydrogens is 371 g/mol. The Bertz CT molecular complexity index is 1050. The quantitative estimate of drug-likeness (QED) is 0.670. The lowest BCUT2D eigenvalue weighted by Gasteiger charge is -2.09. The number of aryl methyl sites for hydroxylation is 1. The molecule has 0 aliphatic heterocycles. The molecule has 0 aliphatic rings. The molecule has 0 fully saturated rings.